The van der Waals surface area contributed by atoms with Crippen LogP contribution in [-0.2, 0) is 6.42 Å². The average Bonchev–Trinajstić information content (AvgIpc) is 2.87. The first-order valence-electron chi connectivity index (χ1n) is 6.93. The zero-order valence-electron chi connectivity index (χ0n) is 11.5. The van der Waals surface area contributed by atoms with Crippen molar-refractivity contribution < 1.29 is 0 Å². The fourth-order valence-corrected chi connectivity index (χ4v) is 2.60. The number of rotatable bonds is 3. The summed E-state index contributed by atoms with van der Waals surface area (Å²) in [6.45, 7) is 2.18. The number of nitrogens with zero attached hydrogens (tertiary/aromatic N) is 1. The maximum atomic E-state index is 9.44. The Kier molecular flexibility index (Phi) is 3.26. The molecule has 0 unspecified atom stereocenters. The molecule has 0 spiro atoms. The quantitative estimate of drug-likeness (QED) is 0.731. The lowest BCUT2D eigenvalue weighted by molar-refractivity contribution is 0.922. The van der Waals surface area contributed by atoms with E-state index in [2.05, 4.69) is 42.2 Å². The number of H-pyrrole nitrogens is 1. The predicted octanol–water partition coefficient (Wildman–Crippen LogP) is 4.66. The van der Waals surface area contributed by atoms with Gasteiger partial charge >= 0.3 is 0 Å². The van der Waals surface area contributed by atoms with Crippen LogP contribution in [0.1, 0.15) is 24.5 Å². The summed E-state index contributed by atoms with van der Waals surface area (Å²) in [5, 5.41) is 10.4. The molecule has 0 saturated carbocycles. The van der Waals surface area contributed by atoms with Crippen molar-refractivity contribution in [2.24, 2.45) is 0 Å². The van der Waals surface area contributed by atoms with Gasteiger partial charge in [0.25, 0.3) is 0 Å². The van der Waals surface area contributed by atoms with Gasteiger partial charge in [-0.3, -0.25) is 0 Å². The van der Waals surface area contributed by atoms with Crippen molar-refractivity contribution in [3.05, 3.63) is 59.7 Å². The number of aryl methyl sites for hydroxylation is 1. The number of hydrogen-bond acceptors (Lipinski definition) is 1. The molecular weight excluding hydrogens is 244 g/mol. The van der Waals surface area contributed by atoms with E-state index < -0.39 is 0 Å². The Balaban J connectivity index is 2.12. The normalized spacial score (nSPS) is 10.6. The van der Waals surface area contributed by atoms with Crippen molar-refractivity contribution >= 4 is 10.9 Å². The van der Waals surface area contributed by atoms with E-state index in [9.17, 15) is 5.26 Å². The van der Waals surface area contributed by atoms with Crippen LogP contribution in [0.5, 0.6) is 0 Å². The number of para-hydroxylation sites is 1. The summed E-state index contributed by atoms with van der Waals surface area (Å²) in [6.07, 6.45) is 2.24. The van der Waals surface area contributed by atoms with Crippen LogP contribution >= 0.6 is 0 Å². The summed E-state index contributed by atoms with van der Waals surface area (Å²) in [6, 6.07) is 18.7. The van der Waals surface area contributed by atoms with Gasteiger partial charge in [-0.15, -0.1) is 0 Å². The summed E-state index contributed by atoms with van der Waals surface area (Å²) in [5.41, 5.74) is 5.06. The van der Waals surface area contributed by atoms with Crippen molar-refractivity contribution in [2.45, 2.75) is 19.8 Å². The molecule has 3 aromatic rings. The highest BCUT2D eigenvalue weighted by molar-refractivity contribution is 5.93. The maximum absolute atomic E-state index is 9.44. The molecule has 2 nitrogen and oxygen atoms in total. The highest BCUT2D eigenvalue weighted by Crippen LogP contribution is 2.29. The molecule has 0 aliphatic rings. The van der Waals surface area contributed by atoms with E-state index in [1.165, 1.54) is 5.56 Å². The van der Waals surface area contributed by atoms with E-state index in [0.717, 1.165) is 40.6 Å². The second-order valence-corrected chi connectivity index (χ2v) is 4.98. The van der Waals surface area contributed by atoms with Crippen molar-refractivity contribution in [3.63, 3.8) is 0 Å². The molecule has 1 N–H and O–H groups in total. The Labute approximate surface area is 118 Å². The largest absolute Gasteiger partial charge is 0.353 e. The zero-order chi connectivity index (χ0) is 13.9. The number of nitrogens with one attached hydrogen (secondary N) is 1. The number of nitriles is 1. The van der Waals surface area contributed by atoms with Crippen LogP contribution < -0.4 is 0 Å². The molecule has 0 saturated heterocycles. The van der Waals surface area contributed by atoms with E-state index in [1.54, 1.807) is 0 Å². The van der Waals surface area contributed by atoms with Crippen molar-refractivity contribution in [3.8, 4) is 17.3 Å². The molecule has 20 heavy (non-hydrogen) atoms. The van der Waals surface area contributed by atoms with Gasteiger partial charge in [0.05, 0.1) is 11.3 Å². The van der Waals surface area contributed by atoms with Gasteiger partial charge in [-0.2, -0.15) is 5.26 Å². The molecule has 2 heteroatoms. The Hall–Kier alpha value is -2.53. The average molecular weight is 260 g/mol. The van der Waals surface area contributed by atoms with E-state index >= 15 is 0 Å². The number of aromatic amines is 1. The van der Waals surface area contributed by atoms with E-state index in [4.69, 9.17) is 0 Å². The van der Waals surface area contributed by atoms with Gasteiger partial charge in [0, 0.05) is 10.9 Å². The molecule has 2 aromatic carbocycles. The number of benzene rings is 2. The molecule has 0 fully saturated rings. The summed E-state index contributed by atoms with van der Waals surface area (Å²) in [5.74, 6) is 0. The number of hydrogen-bond donors (Lipinski definition) is 1. The van der Waals surface area contributed by atoms with E-state index in [0.29, 0.717) is 0 Å². The van der Waals surface area contributed by atoms with E-state index in [-0.39, 0.29) is 0 Å². The Morgan fingerprint density at radius 3 is 2.50 bits per heavy atom. The standard InChI is InChI=1S/C18H16N2/c1-2-5-13-8-10-14(11-9-13)18-16(12-19)15-6-3-4-7-17(15)20-18/h3-4,6-11,20H,2,5H2,1H3. The third kappa shape index (κ3) is 2.08. The monoisotopic (exact) mass is 260 g/mol. The van der Waals surface area contributed by atoms with Crippen LogP contribution in [0.15, 0.2) is 48.5 Å². The minimum Gasteiger partial charge on any atom is -0.353 e. The minimum atomic E-state index is 0.726. The van der Waals surface area contributed by atoms with Crippen LogP contribution in [0.4, 0.5) is 0 Å². The molecule has 3 rings (SSSR count). The van der Waals surface area contributed by atoms with Gasteiger partial charge in [0.1, 0.15) is 6.07 Å². The lowest BCUT2D eigenvalue weighted by Gasteiger charge is -2.02. The predicted molar refractivity (Wildman–Crippen MR) is 82.4 cm³/mol. The Bertz CT molecular complexity index is 773. The third-order valence-electron chi connectivity index (χ3n) is 3.60. The lowest BCUT2D eigenvalue weighted by Crippen LogP contribution is -1.85. The molecule has 1 heterocycles. The first kappa shape index (κ1) is 12.5. The molecule has 1 aromatic heterocycles. The summed E-state index contributed by atoms with van der Waals surface area (Å²) >= 11 is 0. The molecule has 0 atom stereocenters. The van der Waals surface area contributed by atoms with Crippen molar-refractivity contribution in [1.82, 2.24) is 4.98 Å². The molecule has 0 radical (unpaired) electrons. The number of aromatic nitrogens is 1. The molecule has 0 amide bonds. The molecule has 98 valence electrons. The number of fused-ring (bicyclic) bond motifs is 1. The molecule has 0 aliphatic heterocycles. The highest BCUT2D eigenvalue weighted by atomic mass is 14.7. The Morgan fingerprint density at radius 2 is 1.80 bits per heavy atom. The van der Waals surface area contributed by atoms with Gasteiger partial charge in [-0.1, -0.05) is 55.8 Å². The fraction of sp³-hybridized carbons (Fsp3) is 0.167. The summed E-state index contributed by atoms with van der Waals surface area (Å²) in [7, 11) is 0. The van der Waals surface area contributed by atoms with Crippen LogP contribution in [0.25, 0.3) is 22.2 Å². The maximum Gasteiger partial charge on any atom is 0.102 e. The summed E-state index contributed by atoms with van der Waals surface area (Å²) < 4.78 is 0. The van der Waals surface area contributed by atoms with Gasteiger partial charge < -0.3 is 4.98 Å². The second-order valence-electron chi connectivity index (χ2n) is 4.98. The molecular formula is C18H16N2. The minimum absolute atomic E-state index is 0.726. The van der Waals surface area contributed by atoms with Gasteiger partial charge in [0.2, 0.25) is 0 Å². The zero-order valence-corrected chi connectivity index (χ0v) is 11.5. The fourth-order valence-electron chi connectivity index (χ4n) is 2.60. The molecule has 0 bridgehead atoms. The highest BCUT2D eigenvalue weighted by Gasteiger charge is 2.12. The topological polar surface area (TPSA) is 39.6 Å². The van der Waals surface area contributed by atoms with Crippen LogP contribution in [-0.4, -0.2) is 4.98 Å². The lowest BCUT2D eigenvalue weighted by atomic mass is 10.0. The SMILES string of the molecule is CCCc1ccc(-c2[nH]c3ccccc3c2C#N)cc1. The van der Waals surface area contributed by atoms with Gasteiger partial charge in [-0.05, 0) is 23.6 Å². The van der Waals surface area contributed by atoms with E-state index in [1.807, 2.05) is 24.3 Å². The van der Waals surface area contributed by atoms with Crippen molar-refractivity contribution in [2.75, 3.05) is 0 Å². The summed E-state index contributed by atoms with van der Waals surface area (Å²) in [4.78, 5) is 3.36. The van der Waals surface area contributed by atoms with Crippen molar-refractivity contribution in [1.29, 1.82) is 5.26 Å². The van der Waals surface area contributed by atoms with Crippen LogP contribution in [0.3, 0.4) is 0 Å². The Morgan fingerprint density at radius 1 is 1.05 bits per heavy atom. The smallest absolute Gasteiger partial charge is 0.102 e. The van der Waals surface area contributed by atoms with Crippen LogP contribution in [0, 0.1) is 11.3 Å². The molecule has 0 aliphatic carbocycles. The van der Waals surface area contributed by atoms with Crippen LogP contribution in [0.2, 0.25) is 0 Å². The van der Waals surface area contributed by atoms with Gasteiger partial charge in [0.15, 0.2) is 0 Å². The third-order valence-corrected chi connectivity index (χ3v) is 3.60. The second kappa shape index (κ2) is 5.22. The first-order chi connectivity index (χ1) is 9.83. The first-order valence-corrected chi connectivity index (χ1v) is 6.93. The van der Waals surface area contributed by atoms with Gasteiger partial charge in [-0.25, -0.2) is 0 Å².